The number of aliphatic hydroxyl groups is 3. The second-order valence-corrected chi connectivity index (χ2v) is 4.91. The summed E-state index contributed by atoms with van der Waals surface area (Å²) in [6.45, 7) is 0. The summed E-state index contributed by atoms with van der Waals surface area (Å²) in [4.78, 5) is 0. The first-order chi connectivity index (χ1) is 6.89. The molecule has 0 rings (SSSR count). The number of unbranched alkanes of at least 4 members (excludes halogenated alkanes) is 3. The van der Waals surface area contributed by atoms with Crippen LogP contribution in [0.1, 0.15) is 32.1 Å². The van der Waals surface area contributed by atoms with Crippen LogP contribution in [0.4, 0.5) is 0 Å². The van der Waals surface area contributed by atoms with Gasteiger partial charge in [-0.1, -0.05) is 19.3 Å². The van der Waals surface area contributed by atoms with Crippen molar-refractivity contribution in [1.82, 2.24) is 0 Å². The molecule has 0 aromatic rings. The Morgan fingerprint density at radius 1 is 0.933 bits per heavy atom. The molecule has 0 spiro atoms. The average Bonchev–Trinajstić information content (AvgIpc) is 2.14. The van der Waals surface area contributed by atoms with Gasteiger partial charge in [0, 0.05) is 5.88 Å². The van der Waals surface area contributed by atoms with E-state index in [4.69, 9.17) is 50.1 Å². The highest BCUT2D eigenvalue weighted by Crippen LogP contribution is 2.23. The molecule has 0 aromatic carbocycles. The SMILES string of the molecule is OC(O)(O)C(Cl)C(Cl)CCCCCCCl. The van der Waals surface area contributed by atoms with Crippen molar-refractivity contribution in [2.45, 2.75) is 48.8 Å². The van der Waals surface area contributed by atoms with E-state index in [0.717, 1.165) is 25.7 Å². The van der Waals surface area contributed by atoms with Gasteiger partial charge in [-0.25, -0.2) is 0 Å². The third-order valence-electron chi connectivity index (χ3n) is 2.05. The van der Waals surface area contributed by atoms with E-state index in [0.29, 0.717) is 12.3 Å². The maximum Gasteiger partial charge on any atom is 0.294 e. The van der Waals surface area contributed by atoms with Crippen LogP contribution in [0.2, 0.25) is 0 Å². The van der Waals surface area contributed by atoms with E-state index in [1.54, 1.807) is 0 Å². The third kappa shape index (κ3) is 7.61. The second-order valence-electron chi connectivity index (χ2n) is 3.50. The first kappa shape index (κ1) is 15.8. The predicted molar refractivity (Wildman–Crippen MR) is 62.5 cm³/mol. The van der Waals surface area contributed by atoms with Crippen molar-refractivity contribution in [2.24, 2.45) is 0 Å². The summed E-state index contributed by atoms with van der Waals surface area (Å²) >= 11 is 16.8. The van der Waals surface area contributed by atoms with Crippen molar-refractivity contribution >= 4 is 34.8 Å². The van der Waals surface area contributed by atoms with Gasteiger partial charge in [0.1, 0.15) is 5.38 Å². The molecule has 3 N–H and O–H groups in total. The quantitative estimate of drug-likeness (QED) is 0.362. The van der Waals surface area contributed by atoms with Gasteiger partial charge < -0.3 is 15.3 Å². The normalized spacial score (nSPS) is 16.4. The molecule has 2 unspecified atom stereocenters. The van der Waals surface area contributed by atoms with Crippen LogP contribution >= 0.6 is 34.8 Å². The monoisotopic (exact) mass is 278 g/mol. The van der Waals surface area contributed by atoms with Crippen molar-refractivity contribution in [1.29, 1.82) is 0 Å². The zero-order chi connectivity index (χ0) is 11.9. The Bertz CT molecular complexity index is 161. The van der Waals surface area contributed by atoms with Crippen LogP contribution in [-0.4, -0.2) is 37.9 Å². The Kier molecular flexibility index (Phi) is 8.33. The van der Waals surface area contributed by atoms with Gasteiger partial charge in [0.05, 0.1) is 5.38 Å². The maximum atomic E-state index is 8.77. The lowest BCUT2D eigenvalue weighted by Gasteiger charge is -2.24. The molecule has 0 aromatic heterocycles. The van der Waals surface area contributed by atoms with Gasteiger partial charge in [0.15, 0.2) is 0 Å². The molecule has 0 fully saturated rings. The van der Waals surface area contributed by atoms with Crippen molar-refractivity contribution in [3.8, 4) is 0 Å². The van der Waals surface area contributed by atoms with E-state index in [2.05, 4.69) is 0 Å². The minimum absolute atomic E-state index is 0.529. The first-order valence-corrected chi connectivity index (χ1v) is 6.31. The topological polar surface area (TPSA) is 60.7 Å². The minimum Gasteiger partial charge on any atom is -0.342 e. The van der Waals surface area contributed by atoms with Crippen LogP contribution in [0.25, 0.3) is 0 Å². The van der Waals surface area contributed by atoms with Gasteiger partial charge in [0.2, 0.25) is 0 Å². The van der Waals surface area contributed by atoms with Crippen LogP contribution < -0.4 is 0 Å². The summed E-state index contributed by atoms with van der Waals surface area (Å²) in [5.41, 5.74) is 0. The minimum atomic E-state index is -2.91. The molecule has 0 saturated heterocycles. The fraction of sp³-hybridized carbons (Fsp3) is 1.00. The van der Waals surface area contributed by atoms with E-state index in [1.807, 2.05) is 0 Å². The molecule has 0 heterocycles. The number of hydrogen-bond donors (Lipinski definition) is 3. The molecule has 3 nitrogen and oxygen atoms in total. The van der Waals surface area contributed by atoms with E-state index >= 15 is 0 Å². The lowest BCUT2D eigenvalue weighted by atomic mass is 10.1. The van der Waals surface area contributed by atoms with Crippen molar-refractivity contribution in [3.05, 3.63) is 0 Å². The Morgan fingerprint density at radius 2 is 1.47 bits per heavy atom. The summed E-state index contributed by atoms with van der Waals surface area (Å²) in [5.74, 6) is -2.26. The van der Waals surface area contributed by atoms with Crippen LogP contribution in [0.5, 0.6) is 0 Å². The lowest BCUT2D eigenvalue weighted by Crippen LogP contribution is -2.43. The zero-order valence-corrected chi connectivity index (χ0v) is 10.6. The molecular weight excluding hydrogens is 262 g/mol. The second kappa shape index (κ2) is 7.93. The lowest BCUT2D eigenvalue weighted by molar-refractivity contribution is -0.311. The van der Waals surface area contributed by atoms with E-state index < -0.39 is 16.7 Å². The summed E-state index contributed by atoms with van der Waals surface area (Å²) in [5, 5.41) is 24.4. The molecule has 6 heteroatoms. The molecule has 92 valence electrons. The summed E-state index contributed by atoms with van der Waals surface area (Å²) in [6.07, 6.45) is 4.30. The Balaban J connectivity index is 3.60. The van der Waals surface area contributed by atoms with Gasteiger partial charge in [-0.05, 0) is 12.8 Å². The van der Waals surface area contributed by atoms with Crippen LogP contribution in [0.3, 0.4) is 0 Å². The number of halogens is 3. The van der Waals surface area contributed by atoms with Gasteiger partial charge in [-0.15, -0.1) is 34.8 Å². The van der Waals surface area contributed by atoms with Crippen LogP contribution in [-0.2, 0) is 0 Å². The van der Waals surface area contributed by atoms with Crippen molar-refractivity contribution in [2.75, 3.05) is 5.88 Å². The molecule has 0 radical (unpaired) electrons. The zero-order valence-electron chi connectivity index (χ0n) is 8.37. The van der Waals surface area contributed by atoms with E-state index in [9.17, 15) is 0 Å². The van der Waals surface area contributed by atoms with Gasteiger partial charge in [0.25, 0.3) is 5.97 Å². The molecule has 0 aliphatic heterocycles. The molecule has 2 atom stereocenters. The molecule has 15 heavy (non-hydrogen) atoms. The standard InChI is InChI=1S/C9H17Cl3O3/c10-6-4-2-1-3-5-7(11)8(12)9(13,14)15/h7-8,13-15H,1-6H2. The smallest absolute Gasteiger partial charge is 0.294 e. The molecule has 0 aliphatic carbocycles. The molecule has 0 saturated carbocycles. The largest absolute Gasteiger partial charge is 0.342 e. The van der Waals surface area contributed by atoms with E-state index in [1.165, 1.54) is 0 Å². The molecular formula is C9H17Cl3O3. The Hall–Kier alpha value is 0.750. The number of alkyl halides is 3. The summed E-state index contributed by atoms with van der Waals surface area (Å²) in [6, 6.07) is 0. The Morgan fingerprint density at radius 3 is 1.93 bits per heavy atom. The molecule has 0 amide bonds. The van der Waals surface area contributed by atoms with Gasteiger partial charge >= 0.3 is 0 Å². The molecule has 0 aliphatic rings. The average molecular weight is 280 g/mol. The number of rotatable bonds is 8. The third-order valence-corrected chi connectivity index (χ3v) is 3.51. The summed E-state index contributed by atoms with van der Waals surface area (Å²) < 4.78 is 0. The van der Waals surface area contributed by atoms with E-state index in [-0.39, 0.29) is 0 Å². The Labute approximate surface area is 105 Å². The predicted octanol–water partition coefficient (Wildman–Crippen LogP) is 2.02. The fourth-order valence-corrected chi connectivity index (χ4v) is 1.81. The van der Waals surface area contributed by atoms with Crippen molar-refractivity contribution in [3.63, 3.8) is 0 Å². The van der Waals surface area contributed by atoms with Gasteiger partial charge in [-0.2, -0.15) is 0 Å². The highest BCUT2D eigenvalue weighted by atomic mass is 35.5. The van der Waals surface area contributed by atoms with Crippen molar-refractivity contribution < 1.29 is 15.3 Å². The highest BCUT2D eigenvalue weighted by Gasteiger charge is 2.35. The number of hydrogen-bond acceptors (Lipinski definition) is 3. The summed E-state index contributed by atoms with van der Waals surface area (Å²) in [7, 11) is 0. The van der Waals surface area contributed by atoms with Crippen LogP contribution in [0, 0.1) is 0 Å². The highest BCUT2D eigenvalue weighted by molar-refractivity contribution is 6.30. The van der Waals surface area contributed by atoms with Crippen LogP contribution in [0.15, 0.2) is 0 Å². The maximum absolute atomic E-state index is 8.77. The fourth-order valence-electron chi connectivity index (χ4n) is 1.18. The van der Waals surface area contributed by atoms with Gasteiger partial charge in [-0.3, -0.25) is 0 Å². The first-order valence-electron chi connectivity index (χ1n) is 4.90. The molecule has 0 bridgehead atoms.